The van der Waals surface area contributed by atoms with Crippen molar-refractivity contribution in [3.63, 3.8) is 0 Å². The maximum absolute atomic E-state index is 11.0. The summed E-state index contributed by atoms with van der Waals surface area (Å²) in [5, 5.41) is 29.7. The van der Waals surface area contributed by atoms with Gasteiger partial charge in [0.15, 0.2) is 0 Å². The van der Waals surface area contributed by atoms with E-state index >= 15 is 0 Å². The zero-order chi connectivity index (χ0) is 17.6. The lowest BCUT2D eigenvalue weighted by Crippen LogP contribution is -2.23. The highest BCUT2D eigenvalue weighted by Crippen LogP contribution is 2.20. The number of imidazole rings is 1. The lowest BCUT2D eigenvalue weighted by Gasteiger charge is -2.14. The van der Waals surface area contributed by atoms with Crippen molar-refractivity contribution in [1.29, 1.82) is 0 Å². The number of hydrogen-bond acceptors (Lipinski definition) is 6. The quantitative estimate of drug-likeness (QED) is 0.612. The van der Waals surface area contributed by atoms with E-state index in [9.17, 15) is 20.1 Å². The molecule has 0 unspecified atom stereocenters. The number of ether oxygens (including phenoxy) is 1. The molecule has 1 heterocycles. The van der Waals surface area contributed by atoms with Gasteiger partial charge < -0.3 is 24.6 Å². The minimum atomic E-state index is -1.07. The van der Waals surface area contributed by atoms with Crippen molar-refractivity contribution < 1.29 is 24.9 Å². The van der Waals surface area contributed by atoms with E-state index in [-0.39, 0.29) is 18.8 Å². The second-order valence-corrected chi connectivity index (χ2v) is 5.55. The number of aliphatic hydroxyl groups excluding tert-OH is 3. The summed E-state index contributed by atoms with van der Waals surface area (Å²) in [7, 11) is 3.12. The van der Waals surface area contributed by atoms with Crippen molar-refractivity contribution >= 4 is 12.0 Å². The molecule has 3 atom stereocenters. The first-order valence-electron chi connectivity index (χ1n) is 7.60. The van der Waals surface area contributed by atoms with Crippen LogP contribution in [0.3, 0.4) is 0 Å². The van der Waals surface area contributed by atoms with Gasteiger partial charge in [0.1, 0.15) is 5.82 Å². The largest absolute Gasteiger partial charge is 0.469 e. The highest BCUT2D eigenvalue weighted by atomic mass is 16.5. The van der Waals surface area contributed by atoms with E-state index in [1.165, 1.54) is 13.2 Å². The van der Waals surface area contributed by atoms with Crippen molar-refractivity contribution in [2.45, 2.75) is 51.4 Å². The zero-order valence-corrected chi connectivity index (χ0v) is 14.1. The molecule has 23 heavy (non-hydrogen) atoms. The number of hydrogen-bond donors (Lipinski definition) is 3. The molecule has 0 aliphatic rings. The van der Waals surface area contributed by atoms with Crippen molar-refractivity contribution in [3.8, 4) is 0 Å². The fourth-order valence-electron chi connectivity index (χ4n) is 2.32. The molecule has 130 valence electrons. The Balaban J connectivity index is 2.66. The second-order valence-electron chi connectivity index (χ2n) is 5.55. The fraction of sp³-hybridized carbons (Fsp3) is 0.625. The van der Waals surface area contributed by atoms with Gasteiger partial charge in [0.2, 0.25) is 0 Å². The molecule has 1 aromatic heterocycles. The topological polar surface area (TPSA) is 105 Å². The van der Waals surface area contributed by atoms with Crippen LogP contribution >= 0.6 is 0 Å². The van der Waals surface area contributed by atoms with Gasteiger partial charge in [-0.15, -0.1) is 0 Å². The maximum atomic E-state index is 11.0. The summed E-state index contributed by atoms with van der Waals surface area (Å²) in [6, 6.07) is 0. The van der Waals surface area contributed by atoms with Crippen molar-refractivity contribution in [3.05, 3.63) is 23.3 Å². The van der Waals surface area contributed by atoms with Crippen LogP contribution in [0.1, 0.15) is 49.5 Å². The molecule has 0 spiro atoms. The van der Waals surface area contributed by atoms with Gasteiger partial charge in [0.05, 0.1) is 36.8 Å². The molecule has 0 fully saturated rings. The molecule has 0 bridgehead atoms. The van der Waals surface area contributed by atoms with Crippen LogP contribution in [0.4, 0.5) is 0 Å². The molecule has 0 radical (unpaired) electrons. The molecular weight excluding hydrogens is 300 g/mol. The van der Waals surface area contributed by atoms with Crippen molar-refractivity contribution in [1.82, 2.24) is 9.55 Å². The number of carbonyl (C=O) groups is 1. The number of methoxy groups -OCH3 is 1. The van der Waals surface area contributed by atoms with E-state index in [0.717, 1.165) is 5.82 Å². The molecule has 7 heteroatoms. The van der Waals surface area contributed by atoms with Gasteiger partial charge in [-0.25, -0.2) is 4.98 Å². The average molecular weight is 326 g/mol. The first kappa shape index (κ1) is 19.3. The molecule has 0 saturated heterocycles. The Morgan fingerprint density at radius 3 is 2.61 bits per heavy atom. The van der Waals surface area contributed by atoms with Crippen molar-refractivity contribution in [2.75, 3.05) is 7.11 Å². The standard InChI is InChI=1S/C16H26N2O5/c1-10(19)16-12(17-11(2)18(16)3)8-9-14(21)13(20)6-5-7-15(22)23-4/h8-10,13-14,19-21H,5-7H2,1-4H3/b9-8+/t10-,13+,14-/m1/s1. The molecule has 3 N–H and O–H groups in total. The highest BCUT2D eigenvalue weighted by Gasteiger charge is 2.17. The number of aromatic nitrogens is 2. The van der Waals surface area contributed by atoms with E-state index in [1.807, 2.05) is 6.92 Å². The minimum Gasteiger partial charge on any atom is -0.469 e. The highest BCUT2D eigenvalue weighted by molar-refractivity contribution is 5.68. The van der Waals surface area contributed by atoms with Crippen LogP contribution in [-0.4, -0.2) is 50.2 Å². The van der Waals surface area contributed by atoms with Crippen LogP contribution < -0.4 is 0 Å². The van der Waals surface area contributed by atoms with Gasteiger partial charge >= 0.3 is 5.97 Å². The molecule has 1 aromatic rings. The van der Waals surface area contributed by atoms with E-state index in [1.54, 1.807) is 24.6 Å². The van der Waals surface area contributed by atoms with Gasteiger partial charge in [-0.05, 0) is 32.8 Å². The van der Waals surface area contributed by atoms with Gasteiger partial charge in [-0.2, -0.15) is 0 Å². The Morgan fingerprint density at radius 1 is 1.39 bits per heavy atom. The number of esters is 1. The summed E-state index contributed by atoms with van der Waals surface area (Å²) in [5.41, 5.74) is 1.20. The number of nitrogens with zero attached hydrogens (tertiary/aromatic N) is 2. The summed E-state index contributed by atoms with van der Waals surface area (Å²) in [5.74, 6) is 0.404. The van der Waals surface area contributed by atoms with Crippen LogP contribution in [0.2, 0.25) is 0 Å². The van der Waals surface area contributed by atoms with Crippen molar-refractivity contribution in [2.24, 2.45) is 7.05 Å². The molecule has 0 aromatic carbocycles. The number of aryl methyl sites for hydroxylation is 1. The lowest BCUT2D eigenvalue weighted by atomic mass is 10.1. The van der Waals surface area contributed by atoms with E-state index in [0.29, 0.717) is 17.8 Å². The van der Waals surface area contributed by atoms with E-state index < -0.39 is 18.3 Å². The number of rotatable bonds is 8. The molecule has 0 aliphatic heterocycles. The monoisotopic (exact) mass is 326 g/mol. The Morgan fingerprint density at radius 2 is 2.04 bits per heavy atom. The van der Waals surface area contributed by atoms with Crippen LogP contribution in [-0.2, 0) is 16.6 Å². The SMILES string of the molecule is COC(=O)CCC[C@H](O)[C@H](O)/C=C/c1nc(C)n(C)c1[C@@H](C)O. The maximum Gasteiger partial charge on any atom is 0.305 e. The third-order valence-electron chi connectivity index (χ3n) is 3.74. The summed E-state index contributed by atoms with van der Waals surface area (Å²) in [4.78, 5) is 15.3. The van der Waals surface area contributed by atoms with Gasteiger partial charge in [-0.3, -0.25) is 4.79 Å². The third-order valence-corrected chi connectivity index (χ3v) is 3.74. The number of aliphatic hydroxyl groups is 3. The molecule has 0 aliphatic carbocycles. The summed E-state index contributed by atoms with van der Waals surface area (Å²) in [6.07, 6.45) is 1.20. The van der Waals surface area contributed by atoms with Gasteiger partial charge in [-0.1, -0.05) is 6.08 Å². The predicted octanol–water partition coefficient (Wildman–Crippen LogP) is 0.860. The third kappa shape index (κ3) is 5.46. The summed E-state index contributed by atoms with van der Waals surface area (Å²) >= 11 is 0. The fourth-order valence-corrected chi connectivity index (χ4v) is 2.32. The van der Waals surface area contributed by atoms with E-state index in [4.69, 9.17) is 0 Å². The van der Waals surface area contributed by atoms with Crippen LogP contribution in [0.15, 0.2) is 6.08 Å². The molecule has 0 saturated carbocycles. The minimum absolute atomic E-state index is 0.204. The first-order valence-corrected chi connectivity index (χ1v) is 7.60. The summed E-state index contributed by atoms with van der Waals surface area (Å²) in [6.45, 7) is 3.47. The number of carbonyl (C=O) groups excluding carboxylic acids is 1. The Labute approximate surface area is 136 Å². The normalized spacial score (nSPS) is 15.6. The smallest absolute Gasteiger partial charge is 0.305 e. The molecule has 0 amide bonds. The average Bonchev–Trinajstić information content (AvgIpc) is 2.79. The van der Waals surface area contributed by atoms with Gasteiger partial charge in [0.25, 0.3) is 0 Å². The zero-order valence-electron chi connectivity index (χ0n) is 14.1. The lowest BCUT2D eigenvalue weighted by molar-refractivity contribution is -0.140. The first-order chi connectivity index (χ1) is 10.8. The predicted molar refractivity (Wildman–Crippen MR) is 85.5 cm³/mol. The summed E-state index contributed by atoms with van der Waals surface area (Å²) < 4.78 is 6.30. The van der Waals surface area contributed by atoms with Crippen LogP contribution in [0, 0.1) is 6.92 Å². The molecule has 1 rings (SSSR count). The van der Waals surface area contributed by atoms with E-state index in [2.05, 4.69) is 9.72 Å². The van der Waals surface area contributed by atoms with Crippen LogP contribution in [0.25, 0.3) is 6.08 Å². The molecular formula is C16H26N2O5. The molecule has 7 nitrogen and oxygen atoms in total. The Bertz CT molecular complexity index is 551. The second kappa shape index (κ2) is 8.81. The Hall–Kier alpha value is -1.70. The van der Waals surface area contributed by atoms with Gasteiger partial charge in [0, 0.05) is 13.5 Å². The Kier molecular flexibility index (Phi) is 7.41. The van der Waals surface area contributed by atoms with Crippen LogP contribution in [0.5, 0.6) is 0 Å².